The van der Waals surface area contributed by atoms with Crippen LogP contribution in [0.5, 0.6) is 0 Å². The predicted molar refractivity (Wildman–Crippen MR) is 131 cm³/mol. The lowest BCUT2D eigenvalue weighted by Gasteiger charge is -2.25. The Balaban J connectivity index is 1.64. The molecule has 172 valence electrons. The van der Waals surface area contributed by atoms with Crippen LogP contribution in [0.3, 0.4) is 0 Å². The van der Waals surface area contributed by atoms with Gasteiger partial charge in [0.05, 0.1) is 28.1 Å². The highest BCUT2D eigenvalue weighted by Gasteiger charge is 2.36. The number of carbonyl (C=O) groups excluding carboxylic acids is 3. The van der Waals surface area contributed by atoms with Crippen LogP contribution in [-0.2, 0) is 4.74 Å². The van der Waals surface area contributed by atoms with Crippen LogP contribution in [0.15, 0.2) is 54.6 Å². The van der Waals surface area contributed by atoms with Crippen molar-refractivity contribution in [3.63, 3.8) is 0 Å². The number of ketones is 2. The number of nitrogen functional groups attached to an aromatic ring is 1. The zero-order valence-corrected chi connectivity index (χ0v) is 19.0. The lowest BCUT2D eigenvalue weighted by molar-refractivity contribution is 0.0212. The lowest BCUT2D eigenvalue weighted by Crippen LogP contribution is -2.26. The van der Waals surface area contributed by atoms with Gasteiger partial charge in [0.1, 0.15) is 6.10 Å². The van der Waals surface area contributed by atoms with Gasteiger partial charge in [-0.05, 0) is 56.4 Å². The van der Waals surface area contributed by atoms with Gasteiger partial charge in [0.2, 0.25) is 0 Å². The fraction of sp³-hybridized carbons (Fsp3) is 0.250. The normalized spacial score (nSPS) is 15.4. The molecule has 6 heteroatoms. The molecular weight excluding hydrogens is 428 g/mol. The number of aryl methyl sites for hydroxylation is 1. The summed E-state index contributed by atoms with van der Waals surface area (Å²) >= 11 is 0. The summed E-state index contributed by atoms with van der Waals surface area (Å²) < 4.78 is 5.76. The SMILES string of the molecule is Cc1cccc(Nc2cc(C(=O)OC3CCCCC3)c(N)c3c2C(=O)c2ccccc2C3=O)c1. The average molecular weight is 455 g/mol. The number of benzene rings is 3. The summed E-state index contributed by atoms with van der Waals surface area (Å²) in [5.74, 6) is -1.25. The summed E-state index contributed by atoms with van der Waals surface area (Å²) in [4.78, 5) is 40.2. The summed E-state index contributed by atoms with van der Waals surface area (Å²) in [5.41, 5.74) is 9.44. The maximum absolute atomic E-state index is 13.5. The third-order valence-corrected chi connectivity index (χ3v) is 6.58. The quantitative estimate of drug-likeness (QED) is 0.308. The van der Waals surface area contributed by atoms with E-state index in [4.69, 9.17) is 10.5 Å². The number of esters is 1. The van der Waals surface area contributed by atoms with Crippen molar-refractivity contribution in [3.8, 4) is 0 Å². The Kier molecular flexibility index (Phi) is 5.65. The zero-order chi connectivity index (χ0) is 23.8. The number of rotatable bonds is 4. The molecule has 1 fully saturated rings. The largest absolute Gasteiger partial charge is 0.459 e. The van der Waals surface area contributed by atoms with Crippen LogP contribution in [0, 0.1) is 6.92 Å². The molecule has 34 heavy (non-hydrogen) atoms. The molecule has 0 unspecified atom stereocenters. The van der Waals surface area contributed by atoms with E-state index in [9.17, 15) is 14.4 Å². The fourth-order valence-electron chi connectivity index (χ4n) is 4.86. The van der Waals surface area contributed by atoms with Crippen LogP contribution in [0.2, 0.25) is 0 Å². The maximum Gasteiger partial charge on any atom is 0.340 e. The van der Waals surface area contributed by atoms with Crippen molar-refractivity contribution in [1.82, 2.24) is 0 Å². The van der Waals surface area contributed by atoms with Crippen molar-refractivity contribution in [2.75, 3.05) is 11.1 Å². The van der Waals surface area contributed by atoms with Crippen LogP contribution < -0.4 is 11.1 Å². The Hall–Kier alpha value is -3.93. The number of nitrogens with two attached hydrogens (primary N) is 1. The van der Waals surface area contributed by atoms with Gasteiger partial charge in [-0.1, -0.05) is 42.8 Å². The Morgan fingerprint density at radius 1 is 0.912 bits per heavy atom. The third kappa shape index (κ3) is 3.85. The summed E-state index contributed by atoms with van der Waals surface area (Å²) in [7, 11) is 0. The molecule has 0 bridgehead atoms. The molecule has 1 saturated carbocycles. The van der Waals surface area contributed by atoms with Crippen molar-refractivity contribution in [2.24, 2.45) is 0 Å². The first-order valence-corrected chi connectivity index (χ1v) is 11.6. The summed E-state index contributed by atoms with van der Waals surface area (Å²) in [5, 5.41) is 3.24. The second-order valence-corrected chi connectivity index (χ2v) is 9.00. The number of hydrogen-bond acceptors (Lipinski definition) is 6. The Labute approximate surface area is 198 Å². The average Bonchev–Trinajstić information content (AvgIpc) is 2.84. The van der Waals surface area contributed by atoms with E-state index < -0.39 is 5.97 Å². The highest BCUT2D eigenvalue weighted by molar-refractivity contribution is 6.32. The molecular formula is C28H26N2O4. The monoisotopic (exact) mass is 454 g/mol. The maximum atomic E-state index is 13.5. The molecule has 2 aliphatic carbocycles. The first-order chi connectivity index (χ1) is 16.4. The standard InChI is InChI=1S/C28H26N2O4/c1-16-8-7-9-17(14-16)30-22-15-21(28(33)34-18-10-3-2-4-11-18)25(29)24-23(22)26(31)19-12-5-6-13-20(19)27(24)32/h5-9,12-15,18,30H,2-4,10-11,29H2,1H3. The minimum atomic E-state index is -0.571. The molecule has 0 heterocycles. The minimum Gasteiger partial charge on any atom is -0.459 e. The van der Waals surface area contributed by atoms with E-state index in [1.807, 2.05) is 31.2 Å². The van der Waals surface area contributed by atoms with E-state index in [0.29, 0.717) is 11.3 Å². The van der Waals surface area contributed by atoms with E-state index in [-0.39, 0.29) is 45.6 Å². The smallest absolute Gasteiger partial charge is 0.340 e. The molecule has 0 saturated heterocycles. The molecule has 3 aromatic carbocycles. The van der Waals surface area contributed by atoms with Gasteiger partial charge in [0.25, 0.3) is 0 Å². The van der Waals surface area contributed by atoms with E-state index in [2.05, 4.69) is 5.32 Å². The lowest BCUT2D eigenvalue weighted by atomic mass is 9.81. The van der Waals surface area contributed by atoms with Gasteiger partial charge in [-0.3, -0.25) is 9.59 Å². The molecule has 6 nitrogen and oxygen atoms in total. The van der Waals surface area contributed by atoms with Crippen molar-refractivity contribution in [2.45, 2.75) is 45.1 Å². The van der Waals surface area contributed by atoms with E-state index >= 15 is 0 Å². The van der Waals surface area contributed by atoms with Gasteiger partial charge in [0, 0.05) is 16.8 Å². The molecule has 0 aromatic heterocycles. The molecule has 3 N–H and O–H groups in total. The molecule has 3 aromatic rings. The molecule has 0 amide bonds. The number of hydrogen-bond donors (Lipinski definition) is 2. The van der Waals surface area contributed by atoms with Crippen LogP contribution in [-0.4, -0.2) is 23.6 Å². The first kappa shape index (κ1) is 21.9. The van der Waals surface area contributed by atoms with Crippen LogP contribution in [0.4, 0.5) is 17.1 Å². The second-order valence-electron chi connectivity index (χ2n) is 9.00. The molecule has 2 aliphatic rings. The Bertz CT molecular complexity index is 1320. The highest BCUT2D eigenvalue weighted by atomic mass is 16.5. The topological polar surface area (TPSA) is 98.5 Å². The molecule has 0 spiro atoms. The van der Waals surface area contributed by atoms with Crippen LogP contribution in [0.1, 0.15) is 79.9 Å². The zero-order valence-electron chi connectivity index (χ0n) is 19.0. The van der Waals surface area contributed by atoms with E-state index in [1.54, 1.807) is 30.3 Å². The Morgan fingerprint density at radius 3 is 2.26 bits per heavy atom. The number of ether oxygens (including phenoxy) is 1. The van der Waals surface area contributed by atoms with Crippen LogP contribution >= 0.6 is 0 Å². The van der Waals surface area contributed by atoms with Crippen molar-refractivity contribution in [1.29, 1.82) is 0 Å². The van der Waals surface area contributed by atoms with Crippen molar-refractivity contribution >= 4 is 34.6 Å². The van der Waals surface area contributed by atoms with Crippen molar-refractivity contribution in [3.05, 3.63) is 88.0 Å². The van der Waals surface area contributed by atoms with Gasteiger partial charge in [-0.25, -0.2) is 4.79 Å². The Morgan fingerprint density at radius 2 is 1.59 bits per heavy atom. The number of carbonyl (C=O) groups is 3. The molecule has 0 aliphatic heterocycles. The second kappa shape index (κ2) is 8.78. The van der Waals surface area contributed by atoms with Gasteiger partial charge in [-0.2, -0.15) is 0 Å². The molecule has 0 radical (unpaired) electrons. The number of anilines is 3. The fourth-order valence-corrected chi connectivity index (χ4v) is 4.86. The van der Waals surface area contributed by atoms with Crippen LogP contribution in [0.25, 0.3) is 0 Å². The minimum absolute atomic E-state index is 0.0153. The first-order valence-electron chi connectivity index (χ1n) is 11.6. The summed E-state index contributed by atoms with van der Waals surface area (Å²) in [6.45, 7) is 1.96. The summed E-state index contributed by atoms with van der Waals surface area (Å²) in [6, 6.07) is 15.9. The van der Waals surface area contributed by atoms with Gasteiger partial charge in [-0.15, -0.1) is 0 Å². The third-order valence-electron chi connectivity index (χ3n) is 6.58. The summed E-state index contributed by atoms with van der Waals surface area (Å²) in [6.07, 6.45) is 4.63. The predicted octanol–water partition coefficient (Wildman–Crippen LogP) is 5.59. The van der Waals surface area contributed by atoms with Crippen molar-refractivity contribution < 1.29 is 19.1 Å². The van der Waals surface area contributed by atoms with Gasteiger partial charge >= 0.3 is 5.97 Å². The van der Waals surface area contributed by atoms with E-state index in [1.165, 1.54) is 0 Å². The highest BCUT2D eigenvalue weighted by Crippen LogP contribution is 2.39. The molecule has 0 atom stereocenters. The number of nitrogens with one attached hydrogen (secondary N) is 1. The van der Waals surface area contributed by atoms with Gasteiger partial charge in [0.15, 0.2) is 11.6 Å². The molecule has 5 rings (SSSR count). The van der Waals surface area contributed by atoms with Gasteiger partial charge < -0.3 is 15.8 Å². The number of fused-ring (bicyclic) bond motifs is 2. The van der Waals surface area contributed by atoms with E-state index in [0.717, 1.165) is 43.4 Å².